The molecule has 0 bridgehead atoms. The average molecular weight is 305 g/mol. The molecule has 2 aromatic rings. The van der Waals surface area contributed by atoms with E-state index in [1.807, 2.05) is 23.6 Å². The minimum absolute atomic E-state index is 0.0209. The van der Waals surface area contributed by atoms with Crippen molar-refractivity contribution in [1.82, 2.24) is 15.1 Å². The minimum Gasteiger partial charge on any atom is -0.312 e. The first-order valence-corrected chi connectivity index (χ1v) is 8.35. The lowest BCUT2D eigenvalue weighted by Gasteiger charge is -2.12. The summed E-state index contributed by atoms with van der Waals surface area (Å²) >= 11 is 1.65. The molecule has 0 amide bonds. The van der Waals surface area contributed by atoms with Gasteiger partial charge in [0.2, 0.25) is 0 Å². The summed E-state index contributed by atoms with van der Waals surface area (Å²) in [5.41, 5.74) is 1.70. The Kier molecular flexibility index (Phi) is 5.70. The van der Waals surface area contributed by atoms with E-state index in [1.54, 1.807) is 16.0 Å². The van der Waals surface area contributed by atoms with Gasteiger partial charge >= 0.3 is 0 Å². The maximum Gasteiger partial charge on any atom is 0.271 e. The normalized spacial score (nSPS) is 11.2. The maximum absolute atomic E-state index is 12.5. The van der Waals surface area contributed by atoms with Crippen LogP contribution in [0.3, 0.4) is 0 Å². The Bertz CT molecular complexity index is 617. The summed E-state index contributed by atoms with van der Waals surface area (Å²) in [6, 6.07) is 5.97. The Morgan fingerprint density at radius 1 is 1.43 bits per heavy atom. The first-order chi connectivity index (χ1) is 10.1. The molecule has 0 aliphatic rings. The van der Waals surface area contributed by atoms with E-state index in [-0.39, 0.29) is 5.56 Å². The third-order valence-corrected chi connectivity index (χ3v) is 3.99. The van der Waals surface area contributed by atoms with Crippen molar-refractivity contribution in [2.45, 2.75) is 40.3 Å². The highest BCUT2D eigenvalue weighted by atomic mass is 32.1. The van der Waals surface area contributed by atoms with Gasteiger partial charge < -0.3 is 5.32 Å². The molecule has 2 rings (SSSR count). The fraction of sp³-hybridized carbons (Fsp3) is 0.500. The van der Waals surface area contributed by atoms with Crippen molar-refractivity contribution in [3.05, 3.63) is 39.5 Å². The summed E-state index contributed by atoms with van der Waals surface area (Å²) in [4.78, 5) is 13.6. The molecule has 0 fully saturated rings. The quantitative estimate of drug-likeness (QED) is 0.800. The van der Waals surface area contributed by atoms with Crippen molar-refractivity contribution in [1.29, 1.82) is 0 Å². The molecule has 114 valence electrons. The second kappa shape index (κ2) is 7.52. The number of nitrogens with one attached hydrogen (secondary N) is 1. The lowest BCUT2D eigenvalue weighted by atomic mass is 10.2. The molecule has 0 unspecified atom stereocenters. The zero-order chi connectivity index (χ0) is 15.2. The summed E-state index contributed by atoms with van der Waals surface area (Å²) in [5, 5.41) is 9.87. The van der Waals surface area contributed by atoms with Crippen molar-refractivity contribution < 1.29 is 0 Å². The average Bonchev–Trinajstić information content (AvgIpc) is 2.96. The van der Waals surface area contributed by atoms with Crippen LogP contribution in [0.5, 0.6) is 0 Å². The smallest absolute Gasteiger partial charge is 0.271 e. The summed E-state index contributed by atoms with van der Waals surface area (Å²) < 4.78 is 1.61. The van der Waals surface area contributed by atoms with Gasteiger partial charge in [-0.15, -0.1) is 11.3 Å². The molecular weight excluding hydrogens is 282 g/mol. The van der Waals surface area contributed by atoms with Crippen molar-refractivity contribution in [2.75, 3.05) is 6.54 Å². The van der Waals surface area contributed by atoms with Crippen molar-refractivity contribution in [2.24, 2.45) is 5.92 Å². The Labute approximate surface area is 129 Å². The molecule has 0 aliphatic heterocycles. The Morgan fingerprint density at radius 2 is 2.24 bits per heavy atom. The molecule has 0 aliphatic carbocycles. The molecule has 5 heteroatoms. The van der Waals surface area contributed by atoms with Gasteiger partial charge in [-0.25, -0.2) is 4.68 Å². The van der Waals surface area contributed by atoms with E-state index >= 15 is 0 Å². The number of nitrogens with zero attached hydrogens (tertiary/aromatic N) is 2. The molecule has 21 heavy (non-hydrogen) atoms. The van der Waals surface area contributed by atoms with E-state index in [1.165, 1.54) is 0 Å². The molecule has 2 heterocycles. The number of aromatic nitrogens is 2. The van der Waals surface area contributed by atoms with Crippen molar-refractivity contribution in [3.8, 4) is 10.6 Å². The van der Waals surface area contributed by atoms with Gasteiger partial charge in [0.1, 0.15) is 5.69 Å². The van der Waals surface area contributed by atoms with Gasteiger partial charge in [-0.1, -0.05) is 26.8 Å². The van der Waals surface area contributed by atoms with E-state index < -0.39 is 0 Å². The van der Waals surface area contributed by atoms with Crippen LogP contribution in [-0.4, -0.2) is 16.3 Å². The summed E-state index contributed by atoms with van der Waals surface area (Å²) in [6.45, 7) is 8.49. The number of hydrogen-bond donors (Lipinski definition) is 1. The first kappa shape index (κ1) is 15.9. The van der Waals surface area contributed by atoms with Crippen molar-refractivity contribution in [3.63, 3.8) is 0 Å². The zero-order valence-electron chi connectivity index (χ0n) is 12.9. The molecule has 0 saturated carbocycles. The lowest BCUT2D eigenvalue weighted by Crippen LogP contribution is -2.31. The molecule has 0 aromatic carbocycles. The summed E-state index contributed by atoms with van der Waals surface area (Å²) in [6.07, 6.45) is 1.06. The monoisotopic (exact) mass is 305 g/mol. The molecule has 0 saturated heterocycles. The molecule has 1 N–H and O–H groups in total. The predicted octanol–water partition coefficient (Wildman–Crippen LogP) is 3.13. The first-order valence-electron chi connectivity index (χ1n) is 7.47. The van der Waals surface area contributed by atoms with E-state index in [9.17, 15) is 4.79 Å². The van der Waals surface area contributed by atoms with Crippen LogP contribution in [0.15, 0.2) is 28.4 Å². The standard InChI is InChI=1S/C16H23N3OS/c1-4-7-17-10-13-9-14(15-6-5-8-21-15)18-19(16(13)20)11-12(2)3/h5-6,8-9,12,17H,4,7,10-11H2,1-3H3. The molecular formula is C16H23N3OS. The Morgan fingerprint density at radius 3 is 2.86 bits per heavy atom. The van der Waals surface area contributed by atoms with Gasteiger partial charge in [-0.2, -0.15) is 5.10 Å². The van der Waals surface area contributed by atoms with Gasteiger partial charge in [0.15, 0.2) is 0 Å². The highest BCUT2D eigenvalue weighted by molar-refractivity contribution is 7.13. The van der Waals surface area contributed by atoms with E-state index in [0.29, 0.717) is 19.0 Å². The fourth-order valence-corrected chi connectivity index (χ4v) is 2.82. The summed E-state index contributed by atoms with van der Waals surface area (Å²) in [7, 11) is 0. The van der Waals surface area contributed by atoms with Crippen LogP contribution in [0.1, 0.15) is 32.8 Å². The molecule has 4 nitrogen and oxygen atoms in total. The summed E-state index contributed by atoms with van der Waals surface area (Å²) in [5.74, 6) is 0.394. The second-order valence-electron chi connectivity index (χ2n) is 5.59. The largest absolute Gasteiger partial charge is 0.312 e. The zero-order valence-corrected chi connectivity index (χ0v) is 13.7. The molecule has 0 radical (unpaired) electrons. The number of rotatable bonds is 7. The van der Waals surface area contributed by atoms with Gasteiger partial charge in [0, 0.05) is 18.7 Å². The Balaban J connectivity index is 2.38. The maximum atomic E-state index is 12.5. The number of hydrogen-bond acceptors (Lipinski definition) is 4. The van der Waals surface area contributed by atoms with Crippen LogP contribution >= 0.6 is 11.3 Å². The van der Waals surface area contributed by atoms with Crippen LogP contribution in [-0.2, 0) is 13.1 Å². The van der Waals surface area contributed by atoms with Gasteiger partial charge in [0.25, 0.3) is 5.56 Å². The second-order valence-corrected chi connectivity index (χ2v) is 6.54. The molecule has 0 spiro atoms. The van der Waals surface area contributed by atoms with E-state index in [0.717, 1.165) is 29.1 Å². The van der Waals surface area contributed by atoms with Gasteiger partial charge in [0.05, 0.1) is 4.88 Å². The van der Waals surface area contributed by atoms with E-state index in [2.05, 4.69) is 31.2 Å². The third-order valence-electron chi connectivity index (χ3n) is 3.10. The van der Waals surface area contributed by atoms with Crippen LogP contribution in [0.2, 0.25) is 0 Å². The molecule has 0 atom stereocenters. The van der Waals surface area contributed by atoms with Gasteiger partial charge in [-0.05, 0) is 36.4 Å². The van der Waals surface area contributed by atoms with Crippen LogP contribution < -0.4 is 10.9 Å². The fourth-order valence-electron chi connectivity index (χ4n) is 2.14. The Hall–Kier alpha value is -1.46. The van der Waals surface area contributed by atoms with Crippen LogP contribution in [0.25, 0.3) is 10.6 Å². The minimum atomic E-state index is 0.0209. The lowest BCUT2D eigenvalue weighted by molar-refractivity contribution is 0.461. The highest BCUT2D eigenvalue weighted by Gasteiger charge is 2.11. The van der Waals surface area contributed by atoms with E-state index in [4.69, 9.17) is 0 Å². The van der Waals surface area contributed by atoms with Gasteiger partial charge in [-0.3, -0.25) is 4.79 Å². The third kappa shape index (κ3) is 4.25. The predicted molar refractivity (Wildman–Crippen MR) is 88.6 cm³/mol. The van der Waals surface area contributed by atoms with Crippen molar-refractivity contribution >= 4 is 11.3 Å². The molecule has 2 aromatic heterocycles. The topological polar surface area (TPSA) is 46.9 Å². The SMILES string of the molecule is CCCNCc1cc(-c2cccs2)nn(CC(C)C)c1=O. The number of thiophene rings is 1. The highest BCUT2D eigenvalue weighted by Crippen LogP contribution is 2.22. The van der Waals surface area contributed by atoms with Crippen LogP contribution in [0.4, 0.5) is 0 Å². The van der Waals surface area contributed by atoms with Crippen LogP contribution in [0, 0.1) is 5.92 Å².